The SMILES string of the molecule is CCN(Cc1ccccc1)C1=NC(C)C(=O)N1c1ccc(C)cc1. The minimum absolute atomic E-state index is 0.0281. The first-order chi connectivity index (χ1) is 11.6. The average molecular weight is 321 g/mol. The quantitative estimate of drug-likeness (QED) is 0.862. The molecule has 1 amide bonds. The van der Waals surface area contributed by atoms with Crippen molar-refractivity contribution in [1.29, 1.82) is 0 Å². The van der Waals surface area contributed by atoms with Gasteiger partial charge in [-0.25, -0.2) is 9.89 Å². The summed E-state index contributed by atoms with van der Waals surface area (Å²) in [5, 5.41) is 0. The van der Waals surface area contributed by atoms with Crippen LogP contribution in [0.5, 0.6) is 0 Å². The Hall–Kier alpha value is -2.62. The highest BCUT2D eigenvalue weighted by Crippen LogP contribution is 2.24. The van der Waals surface area contributed by atoms with Gasteiger partial charge in [-0.15, -0.1) is 0 Å². The molecule has 0 N–H and O–H groups in total. The van der Waals surface area contributed by atoms with Crippen molar-refractivity contribution >= 4 is 17.6 Å². The second-order valence-corrected chi connectivity index (χ2v) is 6.11. The summed E-state index contributed by atoms with van der Waals surface area (Å²) < 4.78 is 0. The Morgan fingerprint density at radius 2 is 1.75 bits per heavy atom. The fourth-order valence-electron chi connectivity index (χ4n) is 2.86. The Morgan fingerprint density at radius 1 is 1.08 bits per heavy atom. The number of rotatable bonds is 4. The second kappa shape index (κ2) is 6.87. The smallest absolute Gasteiger partial charge is 0.258 e. The number of anilines is 1. The Bertz CT molecular complexity index is 737. The molecule has 1 aliphatic heterocycles. The third-order valence-corrected chi connectivity index (χ3v) is 4.26. The third kappa shape index (κ3) is 3.18. The molecule has 24 heavy (non-hydrogen) atoms. The first kappa shape index (κ1) is 16.2. The molecule has 0 fully saturated rings. The summed E-state index contributed by atoms with van der Waals surface area (Å²) in [5.41, 5.74) is 3.26. The lowest BCUT2D eigenvalue weighted by Gasteiger charge is -2.29. The number of nitrogens with zero attached hydrogens (tertiary/aromatic N) is 3. The number of carbonyl (C=O) groups excluding carboxylic acids is 1. The molecule has 124 valence electrons. The van der Waals surface area contributed by atoms with E-state index in [4.69, 9.17) is 0 Å². The molecule has 0 aliphatic carbocycles. The van der Waals surface area contributed by atoms with Crippen LogP contribution in [-0.4, -0.2) is 29.4 Å². The Morgan fingerprint density at radius 3 is 2.38 bits per heavy atom. The van der Waals surface area contributed by atoms with Gasteiger partial charge < -0.3 is 4.90 Å². The van der Waals surface area contributed by atoms with E-state index in [9.17, 15) is 4.79 Å². The summed E-state index contributed by atoms with van der Waals surface area (Å²) in [7, 11) is 0. The lowest BCUT2D eigenvalue weighted by atomic mass is 10.2. The fraction of sp³-hybridized carbons (Fsp3) is 0.300. The number of carbonyl (C=O) groups is 1. The van der Waals surface area contributed by atoms with Crippen LogP contribution in [-0.2, 0) is 11.3 Å². The first-order valence-electron chi connectivity index (χ1n) is 8.37. The van der Waals surface area contributed by atoms with E-state index in [0.29, 0.717) is 0 Å². The van der Waals surface area contributed by atoms with E-state index >= 15 is 0 Å². The highest BCUT2D eigenvalue weighted by Gasteiger charge is 2.35. The Labute approximate surface area is 143 Å². The molecule has 0 aromatic heterocycles. The molecule has 2 aromatic rings. The topological polar surface area (TPSA) is 35.9 Å². The van der Waals surface area contributed by atoms with Crippen molar-refractivity contribution in [2.45, 2.75) is 33.4 Å². The minimum atomic E-state index is -0.342. The average Bonchev–Trinajstić information content (AvgIpc) is 2.89. The van der Waals surface area contributed by atoms with Crippen molar-refractivity contribution in [3.05, 3.63) is 65.7 Å². The molecule has 1 unspecified atom stereocenters. The standard InChI is InChI=1S/C20H23N3O/c1-4-22(14-17-8-6-5-7-9-17)20-21-16(3)19(24)23(20)18-12-10-15(2)11-13-18/h5-13,16H,4,14H2,1-3H3. The molecule has 2 aromatic carbocycles. The highest BCUT2D eigenvalue weighted by atomic mass is 16.2. The molecule has 4 heteroatoms. The zero-order valence-corrected chi connectivity index (χ0v) is 14.4. The van der Waals surface area contributed by atoms with Crippen LogP contribution in [0.4, 0.5) is 5.69 Å². The third-order valence-electron chi connectivity index (χ3n) is 4.26. The number of benzene rings is 2. The maximum atomic E-state index is 12.7. The van der Waals surface area contributed by atoms with Gasteiger partial charge in [0.2, 0.25) is 5.96 Å². The summed E-state index contributed by atoms with van der Waals surface area (Å²) in [6.07, 6.45) is 0. The number of aliphatic imine (C=N–C) groups is 1. The zero-order valence-electron chi connectivity index (χ0n) is 14.4. The molecule has 0 saturated carbocycles. The number of hydrogen-bond donors (Lipinski definition) is 0. The molecule has 1 aliphatic rings. The largest absolute Gasteiger partial charge is 0.338 e. The summed E-state index contributed by atoms with van der Waals surface area (Å²) in [6, 6.07) is 17.9. The maximum absolute atomic E-state index is 12.7. The summed E-state index contributed by atoms with van der Waals surface area (Å²) in [5.74, 6) is 0.767. The molecular formula is C20H23N3O. The van der Waals surface area contributed by atoms with Crippen molar-refractivity contribution in [2.75, 3.05) is 11.4 Å². The molecule has 4 nitrogen and oxygen atoms in total. The normalized spacial score (nSPS) is 17.1. The van der Waals surface area contributed by atoms with Crippen molar-refractivity contribution < 1.29 is 4.79 Å². The molecule has 0 spiro atoms. The van der Waals surface area contributed by atoms with Gasteiger partial charge in [-0.3, -0.25) is 4.79 Å². The van der Waals surface area contributed by atoms with E-state index in [1.54, 1.807) is 4.90 Å². The van der Waals surface area contributed by atoms with Crippen LogP contribution < -0.4 is 4.90 Å². The molecule has 0 bridgehead atoms. The van der Waals surface area contributed by atoms with E-state index in [1.807, 2.05) is 56.3 Å². The van der Waals surface area contributed by atoms with Gasteiger partial charge in [0.25, 0.3) is 5.91 Å². The van der Waals surface area contributed by atoms with Crippen molar-refractivity contribution in [2.24, 2.45) is 4.99 Å². The van der Waals surface area contributed by atoms with Gasteiger partial charge in [0, 0.05) is 13.1 Å². The van der Waals surface area contributed by atoms with Crippen LogP contribution >= 0.6 is 0 Å². The number of aryl methyl sites for hydroxylation is 1. The number of hydrogen-bond acceptors (Lipinski definition) is 3. The predicted molar refractivity (Wildman–Crippen MR) is 98.1 cm³/mol. The predicted octanol–water partition coefficient (Wildman–Crippen LogP) is 3.61. The number of guanidine groups is 1. The van der Waals surface area contributed by atoms with Gasteiger partial charge in [-0.2, -0.15) is 0 Å². The van der Waals surface area contributed by atoms with Crippen molar-refractivity contribution in [3.8, 4) is 0 Å². The fourth-order valence-corrected chi connectivity index (χ4v) is 2.86. The highest BCUT2D eigenvalue weighted by molar-refractivity contribution is 6.21. The van der Waals surface area contributed by atoms with Crippen LogP contribution in [0.25, 0.3) is 0 Å². The molecule has 0 radical (unpaired) electrons. The summed E-state index contributed by atoms with van der Waals surface area (Å²) in [6.45, 7) is 7.51. The summed E-state index contributed by atoms with van der Waals surface area (Å²) in [4.78, 5) is 21.2. The van der Waals surface area contributed by atoms with Gasteiger partial charge in [0.05, 0.1) is 5.69 Å². The lowest BCUT2D eigenvalue weighted by molar-refractivity contribution is -0.117. The van der Waals surface area contributed by atoms with E-state index in [-0.39, 0.29) is 11.9 Å². The van der Waals surface area contributed by atoms with Gasteiger partial charge in [0.1, 0.15) is 6.04 Å². The molecule has 3 rings (SSSR count). The molecule has 1 heterocycles. The van der Waals surface area contributed by atoms with Crippen molar-refractivity contribution in [3.63, 3.8) is 0 Å². The van der Waals surface area contributed by atoms with Crippen LogP contribution in [0.2, 0.25) is 0 Å². The van der Waals surface area contributed by atoms with E-state index in [2.05, 4.69) is 28.9 Å². The minimum Gasteiger partial charge on any atom is -0.338 e. The Kier molecular flexibility index (Phi) is 4.65. The van der Waals surface area contributed by atoms with Crippen molar-refractivity contribution in [1.82, 2.24) is 4.90 Å². The van der Waals surface area contributed by atoms with E-state index < -0.39 is 0 Å². The van der Waals surface area contributed by atoms with E-state index in [0.717, 1.165) is 24.7 Å². The van der Waals surface area contributed by atoms with Gasteiger partial charge in [-0.1, -0.05) is 48.0 Å². The van der Waals surface area contributed by atoms with Gasteiger partial charge >= 0.3 is 0 Å². The lowest BCUT2D eigenvalue weighted by Crippen LogP contribution is -2.44. The van der Waals surface area contributed by atoms with Crippen LogP contribution in [0.15, 0.2) is 59.6 Å². The van der Waals surface area contributed by atoms with Crippen LogP contribution in [0.1, 0.15) is 25.0 Å². The maximum Gasteiger partial charge on any atom is 0.258 e. The molecular weight excluding hydrogens is 298 g/mol. The first-order valence-corrected chi connectivity index (χ1v) is 8.37. The second-order valence-electron chi connectivity index (χ2n) is 6.11. The molecule has 0 saturated heterocycles. The molecule has 1 atom stereocenters. The number of amides is 1. The summed E-state index contributed by atoms with van der Waals surface area (Å²) >= 11 is 0. The van der Waals surface area contributed by atoms with E-state index in [1.165, 1.54) is 11.1 Å². The van der Waals surface area contributed by atoms with Crippen LogP contribution in [0, 0.1) is 6.92 Å². The Balaban J connectivity index is 1.91. The van der Waals surface area contributed by atoms with Gasteiger partial charge in [0.15, 0.2) is 0 Å². The monoisotopic (exact) mass is 321 g/mol. The zero-order chi connectivity index (χ0) is 17.1. The van der Waals surface area contributed by atoms with Gasteiger partial charge in [-0.05, 0) is 38.5 Å². The van der Waals surface area contributed by atoms with Crippen LogP contribution in [0.3, 0.4) is 0 Å².